The third kappa shape index (κ3) is 3.02. The Kier molecular flexibility index (Phi) is 5.03. The fraction of sp³-hybridized carbons (Fsp3) is 0.240. The molecule has 2 aromatic carbocycles. The van der Waals surface area contributed by atoms with Crippen molar-refractivity contribution in [2.45, 2.75) is 22.6 Å². The van der Waals surface area contributed by atoms with Crippen molar-refractivity contribution >= 4 is 17.7 Å². The lowest BCUT2D eigenvalue weighted by Gasteiger charge is -2.39. The molecule has 6 nitrogen and oxygen atoms in total. The van der Waals surface area contributed by atoms with Crippen molar-refractivity contribution in [1.82, 2.24) is 14.5 Å². The van der Waals surface area contributed by atoms with Gasteiger partial charge in [0.05, 0.1) is 13.2 Å². The number of amides is 1. The number of benzene rings is 2. The Morgan fingerprint density at radius 3 is 2.59 bits per heavy atom. The van der Waals surface area contributed by atoms with Crippen molar-refractivity contribution in [3.8, 4) is 18.4 Å². The molecule has 2 aliphatic rings. The van der Waals surface area contributed by atoms with Crippen LogP contribution < -0.4 is 10.3 Å². The summed E-state index contributed by atoms with van der Waals surface area (Å²) in [5.41, 5.74) is 3.10. The molecule has 160 valence electrons. The highest BCUT2D eigenvalue weighted by Crippen LogP contribution is 2.47. The summed E-state index contributed by atoms with van der Waals surface area (Å²) in [5, 5.41) is 0. The molecule has 2 atom stereocenters. The van der Waals surface area contributed by atoms with Crippen LogP contribution in [-0.2, 0) is 5.75 Å². The van der Waals surface area contributed by atoms with E-state index in [0.717, 1.165) is 5.75 Å². The first-order valence-corrected chi connectivity index (χ1v) is 11.3. The number of thioether (sulfide) groups is 1. The summed E-state index contributed by atoms with van der Waals surface area (Å²) in [6.45, 7) is 0.425. The summed E-state index contributed by atoms with van der Waals surface area (Å²) in [4.78, 5) is 32.7. The van der Waals surface area contributed by atoms with Gasteiger partial charge in [-0.2, -0.15) is 4.98 Å². The molecule has 1 aromatic heterocycles. The van der Waals surface area contributed by atoms with Crippen molar-refractivity contribution in [2.24, 2.45) is 0 Å². The molecule has 0 aliphatic carbocycles. The van der Waals surface area contributed by atoms with Crippen LogP contribution in [0.25, 0.3) is 0 Å². The smallest absolute Gasteiger partial charge is 0.300 e. The first-order valence-electron chi connectivity index (χ1n) is 10.3. The highest BCUT2D eigenvalue weighted by Gasteiger charge is 2.41. The van der Waals surface area contributed by atoms with E-state index in [-0.39, 0.29) is 35.1 Å². The maximum absolute atomic E-state index is 13.2. The summed E-state index contributed by atoms with van der Waals surface area (Å²) in [6, 6.07) is 16.6. The monoisotopic (exact) mass is 443 g/mol. The quantitative estimate of drug-likeness (QED) is 0.569. The number of fused-ring (bicyclic) bond motifs is 3. The minimum absolute atomic E-state index is 0.0306. The van der Waals surface area contributed by atoms with Crippen molar-refractivity contribution in [1.29, 1.82) is 0 Å². The Morgan fingerprint density at radius 2 is 1.84 bits per heavy atom. The van der Waals surface area contributed by atoms with Crippen LogP contribution in [0.15, 0.2) is 58.2 Å². The molecule has 1 amide bonds. The molecule has 0 spiro atoms. The zero-order valence-corrected chi connectivity index (χ0v) is 18.6. The van der Waals surface area contributed by atoms with Crippen LogP contribution in [0.5, 0.6) is 6.01 Å². The number of terminal acetylenes is 1. The number of ether oxygens (including phenoxy) is 1. The fourth-order valence-electron chi connectivity index (χ4n) is 4.76. The molecule has 2 aliphatic heterocycles. The van der Waals surface area contributed by atoms with E-state index in [4.69, 9.17) is 11.2 Å². The summed E-state index contributed by atoms with van der Waals surface area (Å²) < 4.78 is 7.26. The van der Waals surface area contributed by atoms with Crippen LogP contribution in [0.2, 0.25) is 0 Å². The van der Waals surface area contributed by atoms with E-state index in [1.54, 1.807) is 28.3 Å². The second-order valence-electron chi connectivity index (χ2n) is 7.90. The van der Waals surface area contributed by atoms with E-state index in [1.165, 1.54) is 28.7 Å². The molecule has 0 saturated carbocycles. The molecule has 0 N–H and O–H groups in total. The maximum atomic E-state index is 13.2. The Bertz CT molecular complexity index is 1290. The Balaban J connectivity index is 1.85. The molecule has 7 heteroatoms. The largest absolute Gasteiger partial charge is 0.468 e. The number of hydrogen-bond acceptors (Lipinski definition) is 5. The van der Waals surface area contributed by atoms with E-state index in [1.807, 2.05) is 24.3 Å². The molecular formula is C25H21N3O3S. The molecule has 3 heterocycles. The van der Waals surface area contributed by atoms with Crippen LogP contribution in [0.3, 0.4) is 0 Å². The predicted octanol–water partition coefficient (Wildman–Crippen LogP) is 3.30. The number of rotatable bonds is 2. The van der Waals surface area contributed by atoms with E-state index in [0.29, 0.717) is 6.54 Å². The van der Waals surface area contributed by atoms with Gasteiger partial charge >= 0.3 is 0 Å². The number of carbonyl (C=O) groups is 1. The molecule has 5 rings (SSSR count). The van der Waals surface area contributed by atoms with Gasteiger partial charge in [-0.3, -0.25) is 14.2 Å². The minimum atomic E-state index is -0.629. The Morgan fingerprint density at radius 1 is 1.12 bits per heavy atom. The number of likely N-dealkylation sites (N-methyl/N-ethyl adjacent to an activating group) is 1. The van der Waals surface area contributed by atoms with Crippen LogP contribution in [0.1, 0.15) is 44.7 Å². The van der Waals surface area contributed by atoms with Crippen LogP contribution >= 0.6 is 11.8 Å². The maximum Gasteiger partial charge on any atom is 0.300 e. The standard InChI is InChI=1S/C25H21N3O3S/c1-4-16-22-24(30)27(2)13-19(28(22)25(31-3)26-23(16)29)21-17-10-6-5-9-15(17)14-32-20-12-8-7-11-18(20)21/h1,5-12,19,21H,13-14H2,2-3H3. The summed E-state index contributed by atoms with van der Waals surface area (Å²) in [5.74, 6) is 2.85. The molecule has 32 heavy (non-hydrogen) atoms. The van der Waals surface area contributed by atoms with E-state index >= 15 is 0 Å². The average Bonchev–Trinajstić information content (AvgIpc) is 2.98. The minimum Gasteiger partial charge on any atom is -0.468 e. The van der Waals surface area contributed by atoms with Crippen LogP contribution in [-0.4, -0.2) is 41.1 Å². The SMILES string of the molecule is C#Cc1c2n(c(OC)nc1=O)C(C1c3ccccc3CSc3ccccc31)CN(C)C2=O. The van der Waals surface area contributed by atoms with Gasteiger partial charge in [-0.05, 0) is 22.8 Å². The predicted molar refractivity (Wildman–Crippen MR) is 123 cm³/mol. The van der Waals surface area contributed by atoms with Crippen LogP contribution in [0.4, 0.5) is 0 Å². The van der Waals surface area contributed by atoms with Gasteiger partial charge < -0.3 is 9.64 Å². The molecule has 0 fully saturated rings. The van der Waals surface area contributed by atoms with E-state index in [2.05, 4.69) is 35.2 Å². The lowest BCUT2D eigenvalue weighted by molar-refractivity contribution is 0.0693. The van der Waals surface area contributed by atoms with Gasteiger partial charge in [0.25, 0.3) is 17.5 Å². The third-order valence-electron chi connectivity index (χ3n) is 6.18. The van der Waals surface area contributed by atoms with Gasteiger partial charge in [-0.15, -0.1) is 18.2 Å². The summed E-state index contributed by atoms with van der Waals surface area (Å²) >= 11 is 1.80. The number of methoxy groups -OCH3 is 1. The zero-order valence-electron chi connectivity index (χ0n) is 17.7. The molecular weight excluding hydrogens is 422 g/mol. The third-order valence-corrected chi connectivity index (χ3v) is 7.31. The van der Waals surface area contributed by atoms with Crippen molar-refractivity contribution in [3.05, 3.63) is 86.8 Å². The van der Waals surface area contributed by atoms with E-state index < -0.39 is 5.56 Å². The van der Waals surface area contributed by atoms with Crippen molar-refractivity contribution < 1.29 is 9.53 Å². The lowest BCUT2D eigenvalue weighted by Crippen LogP contribution is -2.46. The molecule has 0 bridgehead atoms. The normalized spacial score (nSPS) is 19.3. The fourth-order valence-corrected chi connectivity index (χ4v) is 5.87. The molecule has 0 saturated heterocycles. The molecule has 2 unspecified atom stereocenters. The van der Waals surface area contributed by atoms with Gasteiger partial charge in [0.1, 0.15) is 11.3 Å². The highest BCUT2D eigenvalue weighted by atomic mass is 32.2. The number of carbonyl (C=O) groups excluding carboxylic acids is 1. The van der Waals surface area contributed by atoms with Gasteiger partial charge in [-0.1, -0.05) is 48.4 Å². The number of hydrogen-bond donors (Lipinski definition) is 0. The molecule has 3 aromatic rings. The van der Waals surface area contributed by atoms with Gasteiger partial charge in [0.15, 0.2) is 0 Å². The Hall–Kier alpha value is -3.50. The Labute approximate surface area is 190 Å². The highest BCUT2D eigenvalue weighted by molar-refractivity contribution is 7.98. The van der Waals surface area contributed by atoms with Gasteiger partial charge in [0, 0.05) is 30.2 Å². The van der Waals surface area contributed by atoms with Crippen molar-refractivity contribution in [2.75, 3.05) is 20.7 Å². The first kappa shape index (κ1) is 20.4. The topological polar surface area (TPSA) is 64.4 Å². The number of nitrogens with zero attached hydrogens (tertiary/aromatic N) is 3. The summed E-state index contributed by atoms with van der Waals surface area (Å²) in [7, 11) is 3.19. The van der Waals surface area contributed by atoms with Gasteiger partial charge in [-0.25, -0.2) is 0 Å². The summed E-state index contributed by atoms with van der Waals surface area (Å²) in [6.07, 6.45) is 5.66. The molecule has 0 radical (unpaired) electrons. The first-order chi connectivity index (χ1) is 15.5. The lowest BCUT2D eigenvalue weighted by atomic mass is 9.81. The van der Waals surface area contributed by atoms with Crippen molar-refractivity contribution in [3.63, 3.8) is 0 Å². The van der Waals surface area contributed by atoms with E-state index in [9.17, 15) is 9.59 Å². The zero-order chi connectivity index (χ0) is 22.4. The average molecular weight is 444 g/mol. The second-order valence-corrected chi connectivity index (χ2v) is 8.91. The van der Waals surface area contributed by atoms with Crippen LogP contribution in [0, 0.1) is 12.3 Å². The number of aromatic nitrogens is 2. The second kappa shape index (κ2) is 7.88. The van der Waals surface area contributed by atoms with Gasteiger partial charge in [0.2, 0.25) is 0 Å².